The van der Waals surface area contributed by atoms with Crippen molar-refractivity contribution in [3.63, 3.8) is 0 Å². The lowest BCUT2D eigenvalue weighted by Crippen LogP contribution is -2.35. The van der Waals surface area contributed by atoms with Gasteiger partial charge in [0.05, 0.1) is 11.0 Å². The van der Waals surface area contributed by atoms with Gasteiger partial charge in [-0.2, -0.15) is 16.9 Å². The molecule has 10 nitrogen and oxygen atoms in total. The number of fused-ring (bicyclic) bond motifs is 8. The second-order valence-corrected chi connectivity index (χ2v) is 15.5. The van der Waals surface area contributed by atoms with E-state index in [9.17, 15) is 14.7 Å². The molecule has 3 aromatic carbocycles. The minimum atomic E-state index is -1.29. The maximum absolute atomic E-state index is 15.7. The molecule has 5 aromatic rings. The Balaban J connectivity index is 1.32. The van der Waals surface area contributed by atoms with Crippen molar-refractivity contribution in [2.45, 2.75) is 64.0 Å². The van der Waals surface area contributed by atoms with Crippen LogP contribution in [0.1, 0.15) is 68.7 Å². The number of aliphatic hydroxyl groups excluding tert-OH is 1. The Hall–Kier alpha value is -4.75. The third-order valence-electron chi connectivity index (χ3n) is 10.0. The van der Waals surface area contributed by atoms with Crippen LogP contribution in [0.5, 0.6) is 11.5 Å². The van der Waals surface area contributed by atoms with Crippen LogP contribution < -0.4 is 15.4 Å². The highest BCUT2D eigenvalue weighted by Crippen LogP contribution is 2.41. The average molecular weight is 715 g/mol. The second-order valence-electron chi connectivity index (χ2n) is 14.4. The summed E-state index contributed by atoms with van der Waals surface area (Å²) in [6.45, 7) is 6.50. The number of aryl methyl sites for hydroxylation is 2. The molecule has 4 N–H and O–H groups in total. The Labute approximate surface area is 298 Å². The molecule has 0 radical (unpaired) electrons. The Bertz CT molecular complexity index is 2150. The standard InChI is InChI=1S/C38H40F2N6O4S/c1-37(2)13-6-14-38(3,22-8-5-7-21(17-22)31(47)30-34(48)44-36(49)42-30)35-43-33(46(4)45-35)26-18-23(9-10-27(26)39)50-32-25(12-16-51-20-37)24-11-15-41-29(24)19-28(32)40/h5,7-11,15,17-19,30-31,41,47H,6,12-14,16,20H2,1-4H3,(H2,42,44,48,49). The van der Waals surface area contributed by atoms with Crippen molar-refractivity contribution in [2.75, 3.05) is 11.5 Å². The van der Waals surface area contributed by atoms with Gasteiger partial charge in [-0.05, 0) is 78.5 Å². The van der Waals surface area contributed by atoms with Crippen LogP contribution in [0.25, 0.3) is 22.3 Å². The maximum Gasteiger partial charge on any atom is 0.322 e. The van der Waals surface area contributed by atoms with Crippen molar-refractivity contribution in [3.8, 4) is 22.9 Å². The lowest BCUT2D eigenvalue weighted by atomic mass is 9.75. The number of rotatable bonds is 3. The Kier molecular flexibility index (Phi) is 9.13. The van der Waals surface area contributed by atoms with Crippen LogP contribution in [0.4, 0.5) is 13.6 Å². The van der Waals surface area contributed by atoms with Crippen LogP contribution in [0.3, 0.4) is 0 Å². The fourth-order valence-electron chi connectivity index (χ4n) is 7.11. The van der Waals surface area contributed by atoms with Gasteiger partial charge in [0.1, 0.15) is 23.7 Å². The zero-order chi connectivity index (χ0) is 36.1. The summed E-state index contributed by atoms with van der Waals surface area (Å²) in [6.07, 6.45) is 3.40. The maximum atomic E-state index is 15.7. The van der Waals surface area contributed by atoms with Gasteiger partial charge in [0.25, 0.3) is 5.91 Å². The first kappa shape index (κ1) is 34.7. The lowest BCUT2D eigenvalue weighted by Gasteiger charge is -2.31. The van der Waals surface area contributed by atoms with Gasteiger partial charge in [0, 0.05) is 35.8 Å². The van der Waals surface area contributed by atoms with E-state index in [0.29, 0.717) is 29.7 Å². The highest BCUT2D eigenvalue weighted by Gasteiger charge is 2.39. The number of urea groups is 1. The van der Waals surface area contributed by atoms with E-state index in [4.69, 9.17) is 14.8 Å². The number of nitrogens with one attached hydrogen (secondary N) is 3. The molecule has 0 spiro atoms. The summed E-state index contributed by atoms with van der Waals surface area (Å²) in [7, 11) is 1.70. The first-order chi connectivity index (χ1) is 24.3. The molecule has 4 heterocycles. The summed E-state index contributed by atoms with van der Waals surface area (Å²) in [5.41, 5.74) is 2.00. The molecule has 2 aromatic heterocycles. The van der Waals surface area contributed by atoms with Crippen LogP contribution in [-0.2, 0) is 23.7 Å². The minimum absolute atomic E-state index is 0.0307. The predicted molar refractivity (Wildman–Crippen MR) is 192 cm³/mol. The molecule has 7 rings (SSSR count). The van der Waals surface area contributed by atoms with Gasteiger partial charge in [-0.3, -0.25) is 10.1 Å². The highest BCUT2D eigenvalue weighted by atomic mass is 32.2. The number of benzene rings is 3. The molecule has 0 aliphatic carbocycles. The molecular formula is C38H40F2N6O4S. The number of H-pyrrole nitrogens is 1. The molecule has 1 fully saturated rings. The van der Waals surface area contributed by atoms with Crippen LogP contribution in [-0.4, -0.2) is 54.3 Å². The first-order valence-electron chi connectivity index (χ1n) is 17.0. The van der Waals surface area contributed by atoms with Crippen LogP contribution >= 0.6 is 11.8 Å². The van der Waals surface area contributed by atoms with E-state index in [1.165, 1.54) is 28.9 Å². The largest absolute Gasteiger partial charge is 0.454 e. The molecule has 266 valence electrons. The summed E-state index contributed by atoms with van der Waals surface area (Å²) in [5.74, 6) is 1.07. The fourth-order valence-corrected chi connectivity index (χ4v) is 8.30. The first-order valence-corrected chi connectivity index (χ1v) is 18.1. The van der Waals surface area contributed by atoms with Crippen molar-refractivity contribution in [1.82, 2.24) is 30.4 Å². The number of hydrogen-bond acceptors (Lipinski definition) is 7. The fraction of sp³-hybridized carbons (Fsp3) is 0.368. The van der Waals surface area contributed by atoms with Gasteiger partial charge >= 0.3 is 6.03 Å². The smallest absolute Gasteiger partial charge is 0.322 e. The lowest BCUT2D eigenvalue weighted by molar-refractivity contribution is -0.122. The number of ether oxygens (including phenoxy) is 1. The molecule has 51 heavy (non-hydrogen) atoms. The number of aliphatic hydroxyl groups is 1. The van der Waals surface area contributed by atoms with Crippen molar-refractivity contribution >= 4 is 34.6 Å². The second kappa shape index (κ2) is 13.4. The van der Waals surface area contributed by atoms with Crippen LogP contribution in [0.2, 0.25) is 0 Å². The number of halogens is 2. The molecule has 2 aliphatic heterocycles. The molecule has 1 saturated heterocycles. The summed E-state index contributed by atoms with van der Waals surface area (Å²) in [6, 6.07) is 13.1. The van der Waals surface area contributed by atoms with Gasteiger partial charge < -0.3 is 20.1 Å². The average Bonchev–Trinajstić information content (AvgIpc) is 3.82. The SMILES string of the molecule is Cn1nc2nc1-c1cc(ccc1F)Oc1c(F)cc3[nH]ccc3c1CCSCC(C)(C)CCCC2(C)c1cccc(C(O)C2NC(=O)NC2=O)c1. The molecule has 3 unspecified atom stereocenters. The number of thioether (sulfide) groups is 1. The Morgan fingerprint density at radius 3 is 2.67 bits per heavy atom. The number of aromatic amines is 1. The third kappa shape index (κ3) is 6.72. The van der Waals surface area contributed by atoms with Crippen molar-refractivity contribution in [3.05, 3.63) is 94.9 Å². The van der Waals surface area contributed by atoms with Crippen molar-refractivity contribution < 1.29 is 28.2 Å². The van der Waals surface area contributed by atoms with Gasteiger partial charge in [-0.15, -0.1) is 0 Å². The summed E-state index contributed by atoms with van der Waals surface area (Å²) >= 11 is 1.81. The number of hydrogen-bond donors (Lipinski definition) is 4. The zero-order valence-electron chi connectivity index (χ0n) is 28.8. The van der Waals surface area contributed by atoms with E-state index in [0.717, 1.165) is 40.9 Å². The van der Waals surface area contributed by atoms with E-state index in [2.05, 4.69) is 29.5 Å². The zero-order valence-corrected chi connectivity index (χ0v) is 29.7. The normalized spacial score (nSPS) is 21.6. The Morgan fingerprint density at radius 2 is 1.88 bits per heavy atom. The van der Waals surface area contributed by atoms with Gasteiger partial charge in [-0.25, -0.2) is 23.2 Å². The Morgan fingerprint density at radius 1 is 1.06 bits per heavy atom. The van der Waals surface area contributed by atoms with Crippen LogP contribution in [0.15, 0.2) is 60.8 Å². The van der Waals surface area contributed by atoms with Crippen LogP contribution in [0, 0.1) is 17.0 Å². The number of amides is 3. The highest BCUT2D eigenvalue weighted by molar-refractivity contribution is 7.99. The monoisotopic (exact) mass is 714 g/mol. The third-order valence-corrected chi connectivity index (χ3v) is 11.5. The molecule has 2 aliphatic rings. The van der Waals surface area contributed by atoms with Gasteiger partial charge in [0.2, 0.25) is 0 Å². The topological polar surface area (TPSA) is 134 Å². The molecule has 3 amide bonds. The molecule has 13 heteroatoms. The van der Waals surface area contributed by atoms with Gasteiger partial charge in [0.15, 0.2) is 23.2 Å². The van der Waals surface area contributed by atoms with Crippen molar-refractivity contribution in [2.24, 2.45) is 12.5 Å². The number of carbonyl (C=O) groups excluding carboxylic acids is 2. The van der Waals surface area contributed by atoms with E-state index >= 15 is 8.78 Å². The summed E-state index contributed by atoms with van der Waals surface area (Å²) < 4.78 is 39.1. The summed E-state index contributed by atoms with van der Waals surface area (Å²) in [4.78, 5) is 32.2. The minimum Gasteiger partial charge on any atom is -0.454 e. The number of carbonyl (C=O) groups is 2. The van der Waals surface area contributed by atoms with E-state index < -0.39 is 41.1 Å². The molecule has 0 saturated carbocycles. The summed E-state index contributed by atoms with van der Waals surface area (Å²) in [5, 5.41) is 21.5. The predicted octanol–water partition coefficient (Wildman–Crippen LogP) is 7.07. The van der Waals surface area contributed by atoms with E-state index in [1.807, 2.05) is 36.9 Å². The van der Waals surface area contributed by atoms with E-state index in [-0.39, 0.29) is 28.3 Å². The molecule has 3 atom stereocenters. The van der Waals surface area contributed by atoms with Crippen molar-refractivity contribution in [1.29, 1.82) is 0 Å². The molecule has 4 bridgehead atoms. The quantitative estimate of drug-likeness (QED) is 0.147. The number of nitrogens with zero attached hydrogens (tertiary/aromatic N) is 3. The van der Waals surface area contributed by atoms with Gasteiger partial charge in [-0.1, -0.05) is 44.5 Å². The number of aromatic nitrogens is 4. The molecular weight excluding hydrogens is 675 g/mol. The van der Waals surface area contributed by atoms with E-state index in [1.54, 1.807) is 25.4 Å². The number of imide groups is 1.